The minimum atomic E-state index is -1.23. The lowest BCUT2D eigenvalue weighted by Crippen LogP contribution is -2.39. The third kappa shape index (κ3) is 8.37. The molecule has 0 amide bonds. The summed E-state index contributed by atoms with van der Waals surface area (Å²) < 4.78 is 37.5. The molecule has 0 atom stereocenters. The van der Waals surface area contributed by atoms with E-state index in [0.717, 1.165) is 0 Å². The Morgan fingerprint density at radius 2 is 0.956 bits per heavy atom. The number of rotatable bonds is 16. The first-order valence-electron chi connectivity index (χ1n) is 13.7. The molecule has 0 N–H and O–H groups in total. The predicted molar refractivity (Wildman–Crippen MR) is 160 cm³/mol. The minimum Gasteiger partial charge on any atom is -0.497 e. The van der Waals surface area contributed by atoms with Crippen LogP contribution in [0.3, 0.4) is 0 Å². The van der Waals surface area contributed by atoms with E-state index in [2.05, 4.69) is 0 Å². The number of hydrogen-bond acceptors (Lipinski definition) is 12. The number of benzene rings is 3. The van der Waals surface area contributed by atoms with Gasteiger partial charge in [0.05, 0.1) is 45.0 Å². The zero-order valence-electron chi connectivity index (χ0n) is 25.6. The van der Waals surface area contributed by atoms with Crippen molar-refractivity contribution >= 4 is 30.5 Å². The van der Waals surface area contributed by atoms with Crippen LogP contribution < -0.4 is 18.9 Å². The number of ether oxygens (including phenoxy) is 7. The molecule has 3 aromatic rings. The van der Waals surface area contributed by atoms with Crippen LogP contribution in [0, 0.1) is 5.41 Å². The van der Waals surface area contributed by atoms with E-state index in [1.807, 2.05) is 0 Å². The first kappa shape index (κ1) is 34.1. The van der Waals surface area contributed by atoms with E-state index in [1.165, 1.54) is 77.0 Å². The molecule has 0 aliphatic rings. The Bertz CT molecular complexity index is 1470. The molecule has 238 valence electrons. The predicted octanol–water partition coefficient (Wildman–Crippen LogP) is 4.61. The summed E-state index contributed by atoms with van der Waals surface area (Å²) in [7, 11) is 5.70. The summed E-state index contributed by atoms with van der Waals surface area (Å²) in [5.74, 6) is -0.986. The second kappa shape index (κ2) is 15.9. The van der Waals surface area contributed by atoms with Crippen LogP contribution in [0.1, 0.15) is 65.1 Å². The lowest BCUT2D eigenvalue weighted by atomic mass is 9.87. The molecule has 3 aromatic carbocycles. The highest BCUT2D eigenvalue weighted by molar-refractivity contribution is 5.99. The van der Waals surface area contributed by atoms with Gasteiger partial charge in [-0.25, -0.2) is 14.4 Å². The standard InChI is InChI=1S/C33H34O12/c1-6-33(18-43-30(36)26-10-7-23(39-2)13-21(26)16-34,19-44-31(37)27-11-8-24(40-3)14-22(27)17-35)20-45-32(38)28-12-9-25(41-4)15-29(28)42-5/h7-17H,6,18-20H2,1-5H3. The number of methoxy groups -OCH3 is 4. The minimum absolute atomic E-state index is 0.0124. The SMILES string of the molecule is CCC(COC(=O)c1ccc(OC)cc1C=O)(COC(=O)c1ccc(OC)cc1C=O)COC(=O)c1ccc(OC)cc1OC. The van der Waals surface area contributed by atoms with E-state index in [4.69, 9.17) is 33.2 Å². The molecule has 0 spiro atoms. The van der Waals surface area contributed by atoms with Crippen molar-refractivity contribution in [2.75, 3.05) is 48.3 Å². The summed E-state index contributed by atoms with van der Waals surface area (Å²) in [4.78, 5) is 62.6. The zero-order valence-corrected chi connectivity index (χ0v) is 25.6. The molecular weight excluding hydrogens is 588 g/mol. The lowest BCUT2D eigenvalue weighted by molar-refractivity contribution is -0.0382. The van der Waals surface area contributed by atoms with E-state index in [9.17, 15) is 24.0 Å². The molecule has 0 aliphatic carbocycles. The summed E-state index contributed by atoms with van der Waals surface area (Å²) in [5.41, 5.74) is -1.05. The monoisotopic (exact) mass is 622 g/mol. The van der Waals surface area contributed by atoms with Crippen molar-refractivity contribution in [2.45, 2.75) is 13.3 Å². The molecule has 0 saturated carbocycles. The summed E-state index contributed by atoms with van der Waals surface area (Å²) in [6, 6.07) is 13.1. The fourth-order valence-corrected chi connectivity index (χ4v) is 4.19. The van der Waals surface area contributed by atoms with Crippen molar-refractivity contribution in [1.29, 1.82) is 0 Å². The molecule has 12 nitrogen and oxygen atoms in total. The molecule has 0 saturated heterocycles. The van der Waals surface area contributed by atoms with E-state index in [0.29, 0.717) is 29.8 Å². The van der Waals surface area contributed by atoms with Gasteiger partial charge in [0.1, 0.15) is 48.4 Å². The van der Waals surface area contributed by atoms with Crippen molar-refractivity contribution in [3.8, 4) is 23.0 Å². The smallest absolute Gasteiger partial charge is 0.341 e. The van der Waals surface area contributed by atoms with Crippen LogP contribution >= 0.6 is 0 Å². The molecule has 0 fully saturated rings. The van der Waals surface area contributed by atoms with Crippen molar-refractivity contribution in [2.24, 2.45) is 5.41 Å². The highest BCUT2D eigenvalue weighted by atomic mass is 16.6. The van der Waals surface area contributed by atoms with Gasteiger partial charge in [-0.1, -0.05) is 6.92 Å². The molecule has 0 bridgehead atoms. The fraction of sp³-hybridized carbons (Fsp3) is 0.303. The van der Waals surface area contributed by atoms with E-state index in [-0.39, 0.29) is 59.8 Å². The number of carbonyl (C=O) groups excluding carboxylic acids is 5. The normalized spacial score (nSPS) is 10.7. The van der Waals surface area contributed by atoms with Gasteiger partial charge in [-0.15, -0.1) is 0 Å². The van der Waals surface area contributed by atoms with Gasteiger partial charge in [0.25, 0.3) is 0 Å². The molecular formula is C33H34O12. The number of carbonyl (C=O) groups is 5. The van der Waals surface area contributed by atoms with Crippen molar-refractivity contribution in [3.63, 3.8) is 0 Å². The van der Waals surface area contributed by atoms with Crippen LogP contribution in [0.5, 0.6) is 23.0 Å². The molecule has 0 unspecified atom stereocenters. The van der Waals surface area contributed by atoms with Crippen LogP contribution in [0.25, 0.3) is 0 Å². The maximum atomic E-state index is 13.1. The molecule has 0 aliphatic heterocycles. The second-order valence-corrected chi connectivity index (χ2v) is 9.79. The van der Waals surface area contributed by atoms with Crippen molar-refractivity contribution < 1.29 is 57.1 Å². The Morgan fingerprint density at radius 1 is 0.578 bits per heavy atom. The topological polar surface area (TPSA) is 150 Å². The number of hydrogen-bond donors (Lipinski definition) is 0. The molecule has 12 heteroatoms. The molecule has 0 heterocycles. The summed E-state index contributed by atoms with van der Waals surface area (Å²) in [6.07, 6.45) is 1.21. The highest BCUT2D eigenvalue weighted by Crippen LogP contribution is 2.29. The average molecular weight is 623 g/mol. The van der Waals surface area contributed by atoms with Gasteiger partial charge in [-0.2, -0.15) is 0 Å². The van der Waals surface area contributed by atoms with E-state index >= 15 is 0 Å². The van der Waals surface area contributed by atoms with Gasteiger partial charge in [-0.3, -0.25) is 9.59 Å². The first-order valence-corrected chi connectivity index (χ1v) is 13.7. The molecule has 0 aromatic heterocycles. The summed E-state index contributed by atoms with van der Waals surface area (Å²) >= 11 is 0. The number of esters is 3. The van der Waals surface area contributed by atoms with Gasteiger partial charge in [0.2, 0.25) is 0 Å². The van der Waals surface area contributed by atoms with Crippen LogP contribution in [0.15, 0.2) is 54.6 Å². The maximum Gasteiger partial charge on any atom is 0.341 e. The van der Waals surface area contributed by atoms with Crippen LogP contribution in [-0.2, 0) is 14.2 Å². The lowest BCUT2D eigenvalue weighted by Gasteiger charge is -2.31. The van der Waals surface area contributed by atoms with Crippen LogP contribution in [0.2, 0.25) is 0 Å². The van der Waals surface area contributed by atoms with Crippen molar-refractivity contribution in [3.05, 3.63) is 82.4 Å². The quantitative estimate of drug-likeness (QED) is 0.125. The summed E-state index contributed by atoms with van der Waals surface area (Å²) in [6.45, 7) is 0.661. The van der Waals surface area contributed by atoms with Crippen LogP contribution in [-0.4, -0.2) is 78.7 Å². The van der Waals surface area contributed by atoms with Gasteiger partial charge in [0.15, 0.2) is 12.6 Å². The van der Waals surface area contributed by atoms with Gasteiger partial charge in [0, 0.05) is 17.2 Å². The van der Waals surface area contributed by atoms with Gasteiger partial charge >= 0.3 is 17.9 Å². The average Bonchev–Trinajstić information content (AvgIpc) is 3.09. The Kier molecular flexibility index (Phi) is 12.0. The highest BCUT2D eigenvalue weighted by Gasteiger charge is 2.35. The van der Waals surface area contributed by atoms with Crippen LogP contribution in [0.4, 0.5) is 0 Å². The molecule has 3 rings (SSSR count). The molecule has 0 radical (unpaired) electrons. The third-order valence-corrected chi connectivity index (χ3v) is 7.12. The first-order chi connectivity index (χ1) is 21.7. The maximum absolute atomic E-state index is 13.1. The largest absolute Gasteiger partial charge is 0.497 e. The van der Waals surface area contributed by atoms with Crippen molar-refractivity contribution in [1.82, 2.24) is 0 Å². The van der Waals surface area contributed by atoms with Gasteiger partial charge < -0.3 is 33.2 Å². The van der Waals surface area contributed by atoms with E-state index in [1.54, 1.807) is 13.0 Å². The Morgan fingerprint density at radius 3 is 1.31 bits per heavy atom. The van der Waals surface area contributed by atoms with Gasteiger partial charge in [-0.05, 0) is 55.0 Å². The Hall–Kier alpha value is -5.39. The summed E-state index contributed by atoms with van der Waals surface area (Å²) in [5, 5.41) is 0. The molecule has 45 heavy (non-hydrogen) atoms. The number of aldehydes is 2. The Balaban J connectivity index is 1.87. The third-order valence-electron chi connectivity index (χ3n) is 7.12. The Labute approximate surface area is 260 Å². The second-order valence-electron chi connectivity index (χ2n) is 9.79. The van der Waals surface area contributed by atoms with E-state index < -0.39 is 23.3 Å². The zero-order chi connectivity index (χ0) is 33.0. The fourth-order valence-electron chi connectivity index (χ4n) is 4.19.